The van der Waals surface area contributed by atoms with Crippen LogP contribution in [0.1, 0.15) is 10.4 Å². The zero-order valence-electron chi connectivity index (χ0n) is 14.4. The van der Waals surface area contributed by atoms with Gasteiger partial charge in [-0.15, -0.1) is 0 Å². The largest absolute Gasteiger partial charge is 0.478 e. The van der Waals surface area contributed by atoms with Gasteiger partial charge in [-0.2, -0.15) is 0 Å². The number of anilines is 2. The number of hydrogen-bond donors (Lipinski definition) is 2. The Labute approximate surface area is 161 Å². The number of hydrogen-bond acceptors (Lipinski definition) is 7. The van der Waals surface area contributed by atoms with E-state index in [0.717, 1.165) is 5.82 Å². The molecule has 4 rings (SSSR count). The monoisotopic (exact) mass is 390 g/mol. The summed E-state index contributed by atoms with van der Waals surface area (Å²) in [6, 6.07) is 7.13. The normalized spacial score (nSPS) is 22.9. The Morgan fingerprint density at radius 3 is 2.56 bits per heavy atom. The summed E-state index contributed by atoms with van der Waals surface area (Å²) in [5, 5.41) is 12.7. The zero-order chi connectivity index (χ0) is 18.8. The highest BCUT2D eigenvalue weighted by Gasteiger charge is 2.38. The molecule has 0 saturated carbocycles. The van der Waals surface area contributed by atoms with Gasteiger partial charge in [0.25, 0.3) is 0 Å². The summed E-state index contributed by atoms with van der Waals surface area (Å²) in [6.45, 7) is 2.18. The molecular formula is C18H19ClN4O4. The molecule has 2 aromatic heterocycles. The molecule has 2 fully saturated rings. The van der Waals surface area contributed by atoms with Crippen molar-refractivity contribution in [3.05, 3.63) is 47.2 Å². The van der Waals surface area contributed by atoms with Gasteiger partial charge >= 0.3 is 5.97 Å². The standard InChI is InChI=1S/C18H19ClN4O4/c19-13-5-11(18(24)25)6-21-17(13)23-7-14-15(8-23)27-10-12(9-26-14)22-16-3-1-2-4-20-16/h1-6,12,14-15H,7-10H2,(H,20,22)(H,24,25)/t14-,15-/m0/s1. The number of fused-ring (bicyclic) bond motifs is 1. The minimum atomic E-state index is -1.05. The highest BCUT2D eigenvalue weighted by atomic mass is 35.5. The lowest BCUT2D eigenvalue weighted by Crippen LogP contribution is -2.31. The fraction of sp³-hybridized carbons (Fsp3) is 0.389. The molecule has 2 saturated heterocycles. The van der Waals surface area contributed by atoms with E-state index in [-0.39, 0.29) is 23.8 Å². The Bertz CT molecular complexity index is 806. The molecule has 0 aliphatic carbocycles. The molecule has 2 aliphatic rings. The van der Waals surface area contributed by atoms with Crippen LogP contribution in [0.15, 0.2) is 36.7 Å². The van der Waals surface area contributed by atoms with Crippen molar-refractivity contribution < 1.29 is 19.4 Å². The molecule has 142 valence electrons. The summed E-state index contributed by atoms with van der Waals surface area (Å²) >= 11 is 6.23. The number of ether oxygens (including phenoxy) is 2. The maximum absolute atomic E-state index is 11.0. The lowest BCUT2D eigenvalue weighted by molar-refractivity contribution is -0.00461. The smallest absolute Gasteiger partial charge is 0.337 e. The van der Waals surface area contributed by atoms with E-state index in [1.165, 1.54) is 12.3 Å². The number of pyridine rings is 2. The van der Waals surface area contributed by atoms with Crippen molar-refractivity contribution >= 4 is 29.2 Å². The van der Waals surface area contributed by atoms with Crippen LogP contribution in [-0.2, 0) is 9.47 Å². The van der Waals surface area contributed by atoms with Crippen molar-refractivity contribution in [3.8, 4) is 0 Å². The van der Waals surface area contributed by atoms with Gasteiger partial charge < -0.3 is 24.8 Å². The molecule has 2 aromatic rings. The van der Waals surface area contributed by atoms with Crippen LogP contribution < -0.4 is 10.2 Å². The number of nitrogens with one attached hydrogen (secondary N) is 1. The van der Waals surface area contributed by atoms with E-state index >= 15 is 0 Å². The molecule has 0 spiro atoms. The summed E-state index contributed by atoms with van der Waals surface area (Å²) < 4.78 is 12.1. The van der Waals surface area contributed by atoms with Gasteiger partial charge in [0.2, 0.25) is 0 Å². The molecule has 27 heavy (non-hydrogen) atoms. The van der Waals surface area contributed by atoms with E-state index in [1.807, 2.05) is 23.1 Å². The average molecular weight is 391 g/mol. The molecule has 0 amide bonds. The summed E-state index contributed by atoms with van der Waals surface area (Å²) in [7, 11) is 0. The van der Waals surface area contributed by atoms with Gasteiger partial charge in [-0.3, -0.25) is 0 Å². The topological polar surface area (TPSA) is 96.8 Å². The van der Waals surface area contributed by atoms with Gasteiger partial charge in [0.1, 0.15) is 23.8 Å². The summed E-state index contributed by atoms with van der Waals surface area (Å²) in [4.78, 5) is 21.5. The molecule has 9 heteroatoms. The predicted octanol–water partition coefficient (Wildman–Crippen LogP) is 1.91. The fourth-order valence-electron chi connectivity index (χ4n) is 3.29. The second-order valence-electron chi connectivity index (χ2n) is 6.54. The minimum absolute atomic E-state index is 0.0236. The Morgan fingerprint density at radius 1 is 1.22 bits per heavy atom. The Hall–Kier alpha value is -2.42. The van der Waals surface area contributed by atoms with E-state index in [2.05, 4.69) is 15.3 Å². The van der Waals surface area contributed by atoms with Crippen LogP contribution >= 0.6 is 11.6 Å². The lowest BCUT2D eigenvalue weighted by atomic mass is 10.3. The van der Waals surface area contributed by atoms with Gasteiger partial charge in [-0.1, -0.05) is 17.7 Å². The van der Waals surface area contributed by atoms with Crippen molar-refractivity contribution in [2.45, 2.75) is 18.2 Å². The summed E-state index contributed by atoms with van der Waals surface area (Å²) in [5.41, 5.74) is 0.0631. The first-order valence-electron chi connectivity index (χ1n) is 8.64. The summed E-state index contributed by atoms with van der Waals surface area (Å²) in [6.07, 6.45) is 2.85. The molecule has 8 nitrogen and oxygen atoms in total. The Morgan fingerprint density at radius 2 is 1.96 bits per heavy atom. The number of carbonyl (C=O) groups is 1. The van der Waals surface area contributed by atoms with Gasteiger partial charge in [0, 0.05) is 25.5 Å². The highest BCUT2D eigenvalue weighted by Crippen LogP contribution is 2.30. The Balaban J connectivity index is 1.39. The van der Waals surface area contributed by atoms with Crippen LogP contribution in [0.25, 0.3) is 0 Å². The van der Waals surface area contributed by atoms with Gasteiger partial charge in [-0.25, -0.2) is 14.8 Å². The average Bonchev–Trinajstić information content (AvgIpc) is 2.98. The number of nitrogens with zero attached hydrogens (tertiary/aromatic N) is 3. The van der Waals surface area contributed by atoms with Crippen molar-refractivity contribution in [1.29, 1.82) is 0 Å². The van der Waals surface area contributed by atoms with Gasteiger partial charge in [0.15, 0.2) is 0 Å². The molecule has 2 N–H and O–H groups in total. The number of carboxylic acid groups (broad SMARTS) is 1. The van der Waals surface area contributed by atoms with Gasteiger partial charge in [-0.05, 0) is 18.2 Å². The third-order valence-electron chi connectivity index (χ3n) is 4.62. The predicted molar refractivity (Wildman–Crippen MR) is 99.5 cm³/mol. The van der Waals surface area contributed by atoms with Crippen molar-refractivity contribution in [2.24, 2.45) is 0 Å². The van der Waals surface area contributed by atoms with Gasteiger partial charge in [0.05, 0.1) is 29.8 Å². The molecule has 2 aliphatic heterocycles. The van der Waals surface area contributed by atoms with Crippen LogP contribution in [0.4, 0.5) is 11.6 Å². The number of aromatic nitrogens is 2. The maximum atomic E-state index is 11.0. The molecule has 2 atom stereocenters. The van der Waals surface area contributed by atoms with E-state index < -0.39 is 5.97 Å². The molecule has 0 aromatic carbocycles. The van der Waals surface area contributed by atoms with Crippen LogP contribution in [0.5, 0.6) is 0 Å². The first kappa shape index (κ1) is 18.0. The second-order valence-corrected chi connectivity index (χ2v) is 6.95. The number of carboxylic acids is 1. The zero-order valence-corrected chi connectivity index (χ0v) is 15.2. The van der Waals surface area contributed by atoms with Crippen molar-refractivity contribution in [2.75, 3.05) is 36.5 Å². The number of halogens is 1. The van der Waals surface area contributed by atoms with Crippen LogP contribution in [0, 0.1) is 0 Å². The van der Waals surface area contributed by atoms with E-state index in [1.54, 1.807) is 6.20 Å². The Kier molecular flexibility index (Phi) is 5.11. The summed E-state index contributed by atoms with van der Waals surface area (Å²) in [5.74, 6) is 0.281. The SMILES string of the molecule is O=C(O)c1cnc(N2C[C@@H]3OCC(Nc4ccccn4)CO[C@H]3C2)c(Cl)c1. The van der Waals surface area contributed by atoms with Crippen LogP contribution in [0.3, 0.4) is 0 Å². The van der Waals surface area contributed by atoms with E-state index in [9.17, 15) is 4.79 Å². The first-order valence-corrected chi connectivity index (χ1v) is 9.02. The molecule has 0 bridgehead atoms. The van der Waals surface area contributed by atoms with Crippen LogP contribution in [-0.4, -0.2) is 65.6 Å². The maximum Gasteiger partial charge on any atom is 0.337 e. The molecule has 0 radical (unpaired) electrons. The molecule has 4 heterocycles. The highest BCUT2D eigenvalue weighted by molar-refractivity contribution is 6.33. The second kappa shape index (κ2) is 7.67. The molecular weight excluding hydrogens is 372 g/mol. The third-order valence-corrected chi connectivity index (χ3v) is 4.90. The first-order chi connectivity index (χ1) is 13.1. The van der Waals surface area contributed by atoms with E-state index in [4.69, 9.17) is 26.2 Å². The van der Waals surface area contributed by atoms with E-state index in [0.29, 0.717) is 37.1 Å². The minimum Gasteiger partial charge on any atom is -0.478 e. The number of aromatic carboxylic acids is 1. The quantitative estimate of drug-likeness (QED) is 0.817. The third kappa shape index (κ3) is 3.97. The van der Waals surface area contributed by atoms with Crippen molar-refractivity contribution in [3.63, 3.8) is 0 Å². The van der Waals surface area contributed by atoms with Crippen molar-refractivity contribution in [1.82, 2.24) is 9.97 Å². The lowest BCUT2D eigenvalue weighted by Gasteiger charge is -2.21. The number of rotatable bonds is 4. The fourth-order valence-corrected chi connectivity index (χ4v) is 3.57. The molecule has 0 unspecified atom stereocenters. The van der Waals surface area contributed by atoms with Crippen LogP contribution in [0.2, 0.25) is 5.02 Å².